The quantitative estimate of drug-likeness (QED) is 0.578. The minimum Gasteiger partial charge on any atom is -0.354 e. The molecule has 3 rings (SSSR count). The molecule has 1 atom stereocenters. The van der Waals surface area contributed by atoms with Gasteiger partial charge in [-0.15, -0.1) is 0 Å². The number of hydrogen-bond acceptors (Lipinski definition) is 3. The van der Waals surface area contributed by atoms with Crippen LogP contribution in [-0.2, 0) is 9.59 Å². The van der Waals surface area contributed by atoms with Crippen LogP contribution in [0.4, 0.5) is 4.79 Å². The molecule has 2 aliphatic carbocycles. The fourth-order valence-electron chi connectivity index (χ4n) is 3.49. The molecule has 4 amide bonds. The highest BCUT2D eigenvalue weighted by Crippen LogP contribution is 2.42. The van der Waals surface area contributed by atoms with Gasteiger partial charge in [0.15, 0.2) is 0 Å². The number of nitrogens with one attached hydrogen (secondary N) is 2. The molecule has 1 aliphatic heterocycles. The molecular formula is C17H25N3O3. The van der Waals surface area contributed by atoms with E-state index in [1.165, 1.54) is 18.4 Å². The zero-order valence-electron chi connectivity index (χ0n) is 13.7. The maximum absolute atomic E-state index is 12.4. The standard InChI is InChI=1S/C17H25N3O3/c1-17(13-7-8-13)15(22)20(16(23)19-17)11-14(21)18-10-9-12-5-3-2-4-6-12/h5,13H,2-4,6-11H2,1H3,(H,18,21)(H,19,23). The van der Waals surface area contributed by atoms with E-state index in [2.05, 4.69) is 16.7 Å². The number of nitrogens with zero attached hydrogens (tertiary/aromatic N) is 1. The van der Waals surface area contributed by atoms with Gasteiger partial charge in [-0.1, -0.05) is 11.6 Å². The summed E-state index contributed by atoms with van der Waals surface area (Å²) in [6.45, 7) is 2.14. The number of urea groups is 1. The molecular weight excluding hydrogens is 294 g/mol. The van der Waals surface area contributed by atoms with Gasteiger partial charge in [-0.25, -0.2) is 4.79 Å². The third-order valence-corrected chi connectivity index (χ3v) is 5.15. The number of carbonyl (C=O) groups is 3. The predicted molar refractivity (Wildman–Crippen MR) is 85.6 cm³/mol. The van der Waals surface area contributed by atoms with Crippen LogP contribution in [0.1, 0.15) is 51.9 Å². The van der Waals surface area contributed by atoms with Crippen LogP contribution in [0.25, 0.3) is 0 Å². The molecule has 0 bridgehead atoms. The maximum atomic E-state index is 12.4. The van der Waals surface area contributed by atoms with Crippen molar-refractivity contribution >= 4 is 17.8 Å². The molecule has 0 aromatic heterocycles. The molecule has 1 heterocycles. The Bertz CT molecular complexity index is 553. The predicted octanol–water partition coefficient (Wildman–Crippen LogP) is 1.71. The van der Waals surface area contributed by atoms with Crippen LogP contribution in [0.5, 0.6) is 0 Å². The SMILES string of the molecule is CC1(C2CC2)NC(=O)N(CC(=O)NCCC2=CCCCC2)C1=O. The van der Waals surface area contributed by atoms with Crippen molar-refractivity contribution in [1.82, 2.24) is 15.5 Å². The molecule has 0 radical (unpaired) electrons. The van der Waals surface area contributed by atoms with Gasteiger partial charge in [0.05, 0.1) is 0 Å². The molecule has 1 saturated heterocycles. The zero-order chi connectivity index (χ0) is 16.4. The van der Waals surface area contributed by atoms with Gasteiger partial charge in [0.2, 0.25) is 5.91 Å². The van der Waals surface area contributed by atoms with Gasteiger partial charge in [-0.05, 0) is 57.8 Å². The second kappa shape index (κ2) is 6.34. The van der Waals surface area contributed by atoms with Crippen LogP contribution in [0.2, 0.25) is 0 Å². The highest BCUT2D eigenvalue weighted by atomic mass is 16.2. The minimum atomic E-state index is -0.815. The molecule has 1 saturated carbocycles. The zero-order valence-corrected chi connectivity index (χ0v) is 13.7. The summed E-state index contributed by atoms with van der Waals surface area (Å²) in [6.07, 6.45) is 9.74. The Hall–Kier alpha value is -1.85. The van der Waals surface area contributed by atoms with Crippen LogP contribution in [-0.4, -0.2) is 41.4 Å². The second-order valence-electron chi connectivity index (χ2n) is 7.01. The van der Waals surface area contributed by atoms with Crippen molar-refractivity contribution < 1.29 is 14.4 Å². The average Bonchev–Trinajstić information content (AvgIpc) is 3.35. The van der Waals surface area contributed by atoms with Gasteiger partial charge < -0.3 is 10.6 Å². The summed E-state index contributed by atoms with van der Waals surface area (Å²) in [5, 5.41) is 5.57. The summed E-state index contributed by atoms with van der Waals surface area (Å²) in [5.41, 5.74) is 0.581. The third-order valence-electron chi connectivity index (χ3n) is 5.15. The van der Waals surface area contributed by atoms with Crippen LogP contribution in [0.15, 0.2) is 11.6 Å². The Kier molecular flexibility index (Phi) is 4.41. The second-order valence-corrected chi connectivity index (χ2v) is 7.01. The molecule has 2 fully saturated rings. The summed E-state index contributed by atoms with van der Waals surface area (Å²) in [4.78, 5) is 37.5. The molecule has 0 aromatic rings. The summed E-state index contributed by atoms with van der Waals surface area (Å²) < 4.78 is 0. The van der Waals surface area contributed by atoms with E-state index < -0.39 is 11.6 Å². The third kappa shape index (κ3) is 3.41. The van der Waals surface area contributed by atoms with Gasteiger partial charge in [-0.3, -0.25) is 14.5 Å². The summed E-state index contributed by atoms with van der Waals surface area (Å²) in [5.74, 6) is -0.328. The van der Waals surface area contributed by atoms with Crippen LogP contribution in [0.3, 0.4) is 0 Å². The molecule has 0 aromatic carbocycles. The van der Waals surface area contributed by atoms with E-state index in [0.29, 0.717) is 6.54 Å². The fourth-order valence-corrected chi connectivity index (χ4v) is 3.49. The highest BCUT2D eigenvalue weighted by Gasteiger charge is 2.56. The van der Waals surface area contributed by atoms with E-state index in [1.807, 2.05) is 0 Å². The molecule has 2 N–H and O–H groups in total. The van der Waals surface area contributed by atoms with E-state index in [0.717, 1.165) is 37.0 Å². The molecule has 6 nitrogen and oxygen atoms in total. The number of hydrogen-bond donors (Lipinski definition) is 2. The van der Waals surface area contributed by atoms with Crippen molar-refractivity contribution in [2.45, 2.75) is 57.4 Å². The number of allylic oxidation sites excluding steroid dienone is 1. The lowest BCUT2D eigenvalue weighted by Gasteiger charge is -2.20. The largest absolute Gasteiger partial charge is 0.354 e. The van der Waals surface area contributed by atoms with Crippen molar-refractivity contribution in [3.05, 3.63) is 11.6 Å². The lowest BCUT2D eigenvalue weighted by atomic mass is 9.96. The Labute approximate surface area is 136 Å². The van der Waals surface area contributed by atoms with Crippen molar-refractivity contribution in [3.8, 4) is 0 Å². The first-order chi connectivity index (χ1) is 11.0. The summed E-state index contributed by atoms with van der Waals surface area (Å²) >= 11 is 0. The van der Waals surface area contributed by atoms with Crippen molar-refractivity contribution in [2.75, 3.05) is 13.1 Å². The van der Waals surface area contributed by atoms with E-state index in [-0.39, 0.29) is 24.3 Å². The molecule has 6 heteroatoms. The lowest BCUT2D eigenvalue weighted by Crippen LogP contribution is -2.47. The van der Waals surface area contributed by atoms with Crippen LogP contribution >= 0.6 is 0 Å². The van der Waals surface area contributed by atoms with Gasteiger partial charge >= 0.3 is 6.03 Å². The Morgan fingerprint density at radius 2 is 2.17 bits per heavy atom. The minimum absolute atomic E-state index is 0.188. The van der Waals surface area contributed by atoms with Crippen LogP contribution < -0.4 is 10.6 Å². The van der Waals surface area contributed by atoms with Gasteiger partial charge in [0.1, 0.15) is 12.1 Å². The Morgan fingerprint density at radius 3 is 2.83 bits per heavy atom. The first-order valence-corrected chi connectivity index (χ1v) is 8.59. The Balaban J connectivity index is 1.47. The van der Waals surface area contributed by atoms with Crippen molar-refractivity contribution in [3.63, 3.8) is 0 Å². The first-order valence-electron chi connectivity index (χ1n) is 8.59. The monoisotopic (exact) mass is 319 g/mol. The number of rotatable bonds is 6. The number of carbonyl (C=O) groups excluding carboxylic acids is 3. The molecule has 1 unspecified atom stereocenters. The lowest BCUT2D eigenvalue weighted by molar-refractivity contribution is -0.135. The Morgan fingerprint density at radius 1 is 1.39 bits per heavy atom. The molecule has 126 valence electrons. The average molecular weight is 319 g/mol. The van der Waals surface area contributed by atoms with Crippen LogP contribution in [0, 0.1) is 5.92 Å². The molecule has 3 aliphatic rings. The van der Waals surface area contributed by atoms with E-state index in [4.69, 9.17) is 0 Å². The topological polar surface area (TPSA) is 78.5 Å². The van der Waals surface area contributed by atoms with Gasteiger partial charge in [-0.2, -0.15) is 0 Å². The highest BCUT2D eigenvalue weighted by molar-refractivity contribution is 6.09. The molecule has 23 heavy (non-hydrogen) atoms. The number of imide groups is 1. The summed E-state index contributed by atoms with van der Waals surface area (Å²) in [6, 6.07) is -0.450. The molecule has 0 spiro atoms. The first kappa shape index (κ1) is 16.0. The van der Waals surface area contributed by atoms with E-state index in [1.54, 1.807) is 6.92 Å². The number of amides is 4. The van der Waals surface area contributed by atoms with Crippen molar-refractivity contribution in [1.29, 1.82) is 0 Å². The normalized spacial score (nSPS) is 27.7. The van der Waals surface area contributed by atoms with E-state index >= 15 is 0 Å². The maximum Gasteiger partial charge on any atom is 0.325 e. The van der Waals surface area contributed by atoms with Gasteiger partial charge in [0, 0.05) is 6.54 Å². The van der Waals surface area contributed by atoms with Gasteiger partial charge in [0.25, 0.3) is 5.91 Å². The smallest absolute Gasteiger partial charge is 0.325 e. The summed E-state index contributed by atoms with van der Waals surface area (Å²) in [7, 11) is 0. The van der Waals surface area contributed by atoms with E-state index in [9.17, 15) is 14.4 Å². The van der Waals surface area contributed by atoms with Crippen molar-refractivity contribution in [2.24, 2.45) is 5.92 Å². The fraction of sp³-hybridized carbons (Fsp3) is 0.706.